The minimum absolute atomic E-state index is 0. The van der Waals surface area contributed by atoms with Gasteiger partial charge in [-0.2, -0.15) is 5.70 Å². The van der Waals surface area contributed by atoms with E-state index < -0.39 is 0 Å². The Morgan fingerprint density at radius 2 is 1.22 bits per heavy atom. The molecule has 0 aromatic heterocycles. The predicted octanol–water partition coefficient (Wildman–Crippen LogP) is 10.2. The van der Waals surface area contributed by atoms with E-state index in [4.69, 9.17) is 16.0 Å². The van der Waals surface area contributed by atoms with Crippen molar-refractivity contribution in [3.63, 3.8) is 0 Å². The van der Waals surface area contributed by atoms with E-state index in [1.807, 2.05) is 0 Å². The summed E-state index contributed by atoms with van der Waals surface area (Å²) in [5.74, 6) is 1.75. The molecule has 2 aromatic rings. The van der Waals surface area contributed by atoms with Crippen LogP contribution in [0.5, 0.6) is 0 Å². The number of aliphatic imine (C=N–C) groups is 1. The molecule has 0 atom stereocenters. The number of nitrogens with one attached hydrogen (secondary N) is 1. The van der Waals surface area contributed by atoms with Gasteiger partial charge >= 0.3 is 37.7 Å². The second kappa shape index (κ2) is 18.2. The van der Waals surface area contributed by atoms with Crippen molar-refractivity contribution >= 4 is 54.8 Å². The number of allylic oxidation sites excluding steroid dienone is 2. The molecule has 0 fully saturated rings. The molecule has 2 rings (SSSR count). The molecule has 0 amide bonds. The molecule has 0 radical (unpaired) electrons. The standard InChI is InChI=1S/C29H41N2.C3H8NO.Ca/c1-18(2)24-13-11-14-25(19(3)4)28(24)30-22(9)17-23(10)31-29-26(20(5)6)15-12-16-27(29)21(7)8;1-5-3-2-4;/h11-21H,1-10H3;4H,2-3H2,1H3;/q2*-1;+2/b22-17-,31-23?;;. The normalized spacial score (nSPS) is 12.1. The van der Waals surface area contributed by atoms with Crippen molar-refractivity contribution < 1.29 is 4.74 Å². The Kier molecular flexibility index (Phi) is 17.6. The van der Waals surface area contributed by atoms with Gasteiger partial charge in [-0.3, -0.25) is 4.99 Å². The van der Waals surface area contributed by atoms with E-state index in [2.05, 4.69) is 116 Å². The van der Waals surface area contributed by atoms with E-state index in [1.165, 1.54) is 22.3 Å². The van der Waals surface area contributed by atoms with E-state index in [1.54, 1.807) is 7.11 Å². The molecule has 1 N–H and O–H groups in total. The van der Waals surface area contributed by atoms with Crippen LogP contribution >= 0.6 is 0 Å². The van der Waals surface area contributed by atoms with Crippen LogP contribution in [-0.2, 0) is 4.74 Å². The molecule has 4 nitrogen and oxygen atoms in total. The number of rotatable bonds is 10. The molecule has 0 bridgehead atoms. The van der Waals surface area contributed by atoms with Crippen molar-refractivity contribution in [3.8, 4) is 0 Å². The number of hydrogen-bond donors (Lipinski definition) is 0. The topological polar surface area (TPSA) is 59.5 Å². The molecule has 2 aromatic carbocycles. The molecule has 0 aliphatic carbocycles. The Balaban J connectivity index is 0.00000196. The first-order chi connectivity index (χ1) is 16.9. The maximum absolute atomic E-state index is 6.48. The van der Waals surface area contributed by atoms with Crippen molar-refractivity contribution in [2.75, 3.05) is 20.3 Å². The van der Waals surface area contributed by atoms with E-state index in [-0.39, 0.29) is 37.7 Å². The summed E-state index contributed by atoms with van der Waals surface area (Å²) in [6.45, 7) is 23.0. The molecule has 0 aliphatic heterocycles. The van der Waals surface area contributed by atoms with Gasteiger partial charge in [0.15, 0.2) is 0 Å². The maximum Gasteiger partial charge on any atom is 2.00 e. The van der Waals surface area contributed by atoms with Gasteiger partial charge in [-0.25, -0.2) is 0 Å². The van der Waals surface area contributed by atoms with Crippen LogP contribution in [-0.4, -0.2) is 63.7 Å². The fourth-order valence-electron chi connectivity index (χ4n) is 4.10. The van der Waals surface area contributed by atoms with Crippen molar-refractivity contribution in [3.05, 3.63) is 81.5 Å². The molecule has 37 heavy (non-hydrogen) atoms. The number of ether oxygens (including phenoxy) is 1. The molecule has 0 aliphatic rings. The predicted molar refractivity (Wildman–Crippen MR) is 166 cm³/mol. The number of benzene rings is 2. The fourth-order valence-corrected chi connectivity index (χ4v) is 4.10. The minimum Gasteiger partial charge on any atom is -0.676 e. The summed E-state index contributed by atoms with van der Waals surface area (Å²) in [6, 6.07) is 13.1. The molecule has 0 saturated heterocycles. The van der Waals surface area contributed by atoms with Crippen LogP contribution in [0.4, 0.5) is 11.4 Å². The van der Waals surface area contributed by atoms with Crippen LogP contribution in [0.2, 0.25) is 0 Å². The summed E-state index contributed by atoms with van der Waals surface area (Å²) in [7, 11) is 1.59. The molecule has 0 heterocycles. The second-order valence-electron chi connectivity index (χ2n) is 10.6. The molecule has 0 unspecified atom stereocenters. The fraction of sp³-hybridized carbons (Fsp3) is 0.531. The molecular weight excluding hydrogens is 482 g/mol. The summed E-state index contributed by atoms with van der Waals surface area (Å²) in [6.07, 6.45) is 2.11. The largest absolute Gasteiger partial charge is 2.00 e. The van der Waals surface area contributed by atoms with Crippen LogP contribution < -0.4 is 0 Å². The van der Waals surface area contributed by atoms with Gasteiger partial charge in [-0.05, 0) is 41.7 Å². The summed E-state index contributed by atoms with van der Waals surface area (Å²) < 4.78 is 4.50. The average molecular weight is 532 g/mol. The van der Waals surface area contributed by atoms with Gasteiger partial charge in [0.25, 0.3) is 0 Å². The van der Waals surface area contributed by atoms with Crippen LogP contribution in [0.25, 0.3) is 11.1 Å². The zero-order chi connectivity index (χ0) is 27.4. The average Bonchev–Trinajstić information content (AvgIpc) is 2.79. The summed E-state index contributed by atoms with van der Waals surface area (Å²) >= 11 is 0. The van der Waals surface area contributed by atoms with Crippen LogP contribution in [0.3, 0.4) is 0 Å². The van der Waals surface area contributed by atoms with Gasteiger partial charge in [0.1, 0.15) is 0 Å². The van der Waals surface area contributed by atoms with Crippen molar-refractivity contribution in [1.29, 1.82) is 0 Å². The summed E-state index contributed by atoms with van der Waals surface area (Å²) in [5.41, 5.74) is 15.9. The monoisotopic (exact) mass is 531 g/mol. The SMILES string of the molecule is CC(/C=C(/C)[N-]c1c(C(C)C)cccc1C(C)C)=Nc1c(C(C)C)cccc1C(C)C.COCC[NH-].[Ca+2]. The second-order valence-corrected chi connectivity index (χ2v) is 10.6. The zero-order valence-electron chi connectivity index (χ0n) is 25.3. The van der Waals surface area contributed by atoms with Gasteiger partial charge < -0.3 is 15.8 Å². The van der Waals surface area contributed by atoms with Crippen molar-refractivity contribution in [2.24, 2.45) is 4.99 Å². The van der Waals surface area contributed by atoms with E-state index in [0.29, 0.717) is 36.8 Å². The van der Waals surface area contributed by atoms with Crippen LogP contribution in [0.1, 0.15) is 115 Å². The molecule has 5 heteroatoms. The third-order valence-corrected chi connectivity index (χ3v) is 5.99. The Morgan fingerprint density at radius 3 is 1.54 bits per heavy atom. The Labute approximate surface area is 257 Å². The van der Waals surface area contributed by atoms with Gasteiger partial charge in [0, 0.05) is 19.4 Å². The smallest absolute Gasteiger partial charge is 0.676 e. The van der Waals surface area contributed by atoms with Gasteiger partial charge in [0.2, 0.25) is 0 Å². The zero-order valence-corrected chi connectivity index (χ0v) is 27.5. The molecular formula is C32H49CaN3O. The summed E-state index contributed by atoms with van der Waals surface area (Å²) in [4.78, 5) is 5.08. The minimum atomic E-state index is 0. The first-order valence-electron chi connectivity index (χ1n) is 13.3. The number of nitrogens with zero attached hydrogens (tertiary/aromatic N) is 2. The van der Waals surface area contributed by atoms with Crippen molar-refractivity contribution in [2.45, 2.75) is 92.9 Å². The Hall–Kier alpha value is -1.17. The van der Waals surface area contributed by atoms with Crippen molar-refractivity contribution in [1.82, 2.24) is 0 Å². The number of para-hydroxylation sites is 2. The van der Waals surface area contributed by atoms with Gasteiger partial charge in [0.05, 0.1) is 5.69 Å². The van der Waals surface area contributed by atoms with Gasteiger partial charge in [-0.15, -0.1) is 12.2 Å². The molecule has 0 spiro atoms. The van der Waals surface area contributed by atoms with E-state index in [0.717, 1.165) is 22.8 Å². The van der Waals surface area contributed by atoms with Crippen LogP contribution in [0, 0.1) is 0 Å². The Morgan fingerprint density at radius 1 is 0.811 bits per heavy atom. The number of methoxy groups -OCH3 is 1. The molecule has 0 saturated carbocycles. The Bertz CT molecular complexity index is 953. The first kappa shape index (κ1) is 35.8. The number of hydrogen-bond acceptors (Lipinski definition) is 2. The third-order valence-electron chi connectivity index (χ3n) is 5.99. The van der Waals surface area contributed by atoms with Gasteiger partial charge in [-0.1, -0.05) is 116 Å². The van der Waals surface area contributed by atoms with E-state index >= 15 is 0 Å². The molecule has 200 valence electrons. The maximum atomic E-state index is 6.48. The summed E-state index contributed by atoms with van der Waals surface area (Å²) in [5, 5.41) is 5.08. The van der Waals surface area contributed by atoms with E-state index in [9.17, 15) is 0 Å². The quantitative estimate of drug-likeness (QED) is 0.222. The van der Waals surface area contributed by atoms with Crippen LogP contribution in [0.15, 0.2) is 53.2 Å². The third kappa shape index (κ3) is 11.6. The first-order valence-corrected chi connectivity index (χ1v) is 13.3.